The lowest BCUT2D eigenvalue weighted by atomic mass is 10.2. The summed E-state index contributed by atoms with van der Waals surface area (Å²) in [4.78, 5) is 34.2. The number of nitrogens with zero attached hydrogens (tertiary/aromatic N) is 4. The minimum atomic E-state index is -4.90. The van der Waals surface area contributed by atoms with Gasteiger partial charge in [0.15, 0.2) is 5.82 Å². The minimum absolute atomic E-state index is 0.0712. The zero-order valence-corrected chi connectivity index (χ0v) is 18.9. The van der Waals surface area contributed by atoms with Crippen LogP contribution in [0.2, 0.25) is 0 Å². The van der Waals surface area contributed by atoms with Gasteiger partial charge in [-0.2, -0.15) is 13.2 Å². The van der Waals surface area contributed by atoms with E-state index in [0.717, 1.165) is 28.0 Å². The molecule has 2 aromatic carbocycles. The Hall–Kier alpha value is -4.52. The van der Waals surface area contributed by atoms with Gasteiger partial charge in [-0.05, 0) is 36.4 Å². The van der Waals surface area contributed by atoms with Gasteiger partial charge in [0, 0.05) is 24.7 Å². The summed E-state index contributed by atoms with van der Waals surface area (Å²) < 4.78 is 60.4. The summed E-state index contributed by atoms with van der Waals surface area (Å²) in [5, 5.41) is 2.76. The molecule has 3 N–H and O–H groups in total. The monoisotopic (exact) mass is 514 g/mol. The van der Waals surface area contributed by atoms with Crippen molar-refractivity contribution in [3.63, 3.8) is 0 Å². The first-order valence-electron chi connectivity index (χ1n) is 10.9. The summed E-state index contributed by atoms with van der Waals surface area (Å²) in [6, 6.07) is 8.22. The number of nitrogens with one attached hydrogen (secondary N) is 1. The van der Waals surface area contributed by atoms with Crippen LogP contribution in [-0.2, 0) is 24.1 Å². The second-order valence-electron chi connectivity index (χ2n) is 8.32. The van der Waals surface area contributed by atoms with Crippen LogP contribution < -0.4 is 15.8 Å². The molecule has 190 valence electrons. The fourth-order valence-electron chi connectivity index (χ4n) is 4.13. The predicted molar refractivity (Wildman–Crippen MR) is 123 cm³/mol. The predicted octanol–water partition coefficient (Wildman–Crippen LogP) is 4.26. The normalized spacial score (nSPS) is 13.5. The van der Waals surface area contributed by atoms with E-state index in [1.165, 1.54) is 12.5 Å². The molecular weight excluding hydrogens is 496 g/mol. The number of carbonyl (C=O) groups is 2. The van der Waals surface area contributed by atoms with E-state index in [1.54, 1.807) is 24.3 Å². The first-order valence-corrected chi connectivity index (χ1v) is 10.9. The third-order valence-electron chi connectivity index (χ3n) is 5.77. The van der Waals surface area contributed by atoms with Crippen molar-refractivity contribution in [1.29, 1.82) is 0 Å². The van der Waals surface area contributed by atoms with Gasteiger partial charge < -0.3 is 15.8 Å². The molecule has 0 fully saturated rings. The van der Waals surface area contributed by atoms with Crippen LogP contribution in [0.15, 0.2) is 55.0 Å². The van der Waals surface area contributed by atoms with E-state index in [1.807, 2.05) is 4.90 Å². The first kappa shape index (κ1) is 24.2. The van der Waals surface area contributed by atoms with E-state index in [2.05, 4.69) is 15.3 Å². The molecule has 0 atom stereocenters. The number of hydrogen-bond donors (Lipinski definition) is 2. The number of rotatable bonds is 5. The largest absolute Gasteiger partial charge is 0.439 e. The third kappa shape index (κ3) is 4.80. The smallest absolute Gasteiger partial charge is 0.419 e. The van der Waals surface area contributed by atoms with Crippen molar-refractivity contribution in [2.45, 2.75) is 19.3 Å². The number of amides is 2. The van der Waals surface area contributed by atoms with Crippen molar-refractivity contribution in [2.24, 2.45) is 5.73 Å². The SMILES string of the molecule is NC(=O)CN1Cc2ncnc(Oc3ccc4c(ccn4C(=O)Nc4cccc(C(F)(F)F)c4F)c3)c2C1. The van der Waals surface area contributed by atoms with Gasteiger partial charge in [0.1, 0.15) is 12.1 Å². The topological polar surface area (TPSA) is 115 Å². The van der Waals surface area contributed by atoms with Crippen LogP contribution in [0.3, 0.4) is 0 Å². The maximum absolute atomic E-state index is 14.3. The number of anilines is 1. The number of ether oxygens (including phenoxy) is 1. The summed E-state index contributed by atoms with van der Waals surface area (Å²) in [6.45, 7) is 0.891. The zero-order chi connectivity index (χ0) is 26.3. The summed E-state index contributed by atoms with van der Waals surface area (Å²) in [6.07, 6.45) is -2.14. The molecule has 1 aliphatic rings. The Morgan fingerprint density at radius 1 is 1.11 bits per heavy atom. The van der Waals surface area contributed by atoms with Crippen molar-refractivity contribution < 1.29 is 31.9 Å². The van der Waals surface area contributed by atoms with Gasteiger partial charge in [0.2, 0.25) is 11.8 Å². The number of carbonyl (C=O) groups excluding carboxylic acids is 2. The Bertz CT molecular complexity index is 1530. The van der Waals surface area contributed by atoms with Gasteiger partial charge in [-0.1, -0.05) is 6.07 Å². The lowest BCUT2D eigenvalue weighted by Gasteiger charge is -2.13. The molecule has 4 aromatic rings. The van der Waals surface area contributed by atoms with Crippen LogP contribution in [0, 0.1) is 5.82 Å². The molecule has 5 rings (SSSR count). The third-order valence-corrected chi connectivity index (χ3v) is 5.77. The van der Waals surface area contributed by atoms with Crippen molar-refractivity contribution in [2.75, 3.05) is 11.9 Å². The van der Waals surface area contributed by atoms with E-state index in [-0.39, 0.29) is 6.54 Å². The molecule has 0 saturated heterocycles. The van der Waals surface area contributed by atoms with Gasteiger partial charge in [0.05, 0.1) is 34.6 Å². The number of primary amides is 1. The van der Waals surface area contributed by atoms with E-state index >= 15 is 0 Å². The molecule has 2 amide bonds. The number of fused-ring (bicyclic) bond motifs is 2. The second kappa shape index (κ2) is 9.17. The molecule has 13 heteroatoms. The van der Waals surface area contributed by atoms with E-state index < -0.39 is 35.2 Å². The van der Waals surface area contributed by atoms with Crippen molar-refractivity contribution in [1.82, 2.24) is 19.4 Å². The van der Waals surface area contributed by atoms with Crippen LogP contribution in [-0.4, -0.2) is 37.9 Å². The molecular formula is C24H18F4N6O3. The van der Waals surface area contributed by atoms with Crippen LogP contribution in [0.5, 0.6) is 11.6 Å². The van der Waals surface area contributed by atoms with E-state index in [9.17, 15) is 27.2 Å². The lowest BCUT2D eigenvalue weighted by Crippen LogP contribution is -2.29. The summed E-state index contributed by atoms with van der Waals surface area (Å²) in [5.74, 6) is -1.31. The number of nitrogens with two attached hydrogens (primary N) is 1. The van der Waals surface area contributed by atoms with Crippen molar-refractivity contribution in [3.8, 4) is 11.6 Å². The van der Waals surface area contributed by atoms with Gasteiger partial charge in [0.25, 0.3) is 0 Å². The quantitative estimate of drug-likeness (QED) is 0.385. The van der Waals surface area contributed by atoms with Gasteiger partial charge in [-0.15, -0.1) is 0 Å². The van der Waals surface area contributed by atoms with Crippen LogP contribution >= 0.6 is 0 Å². The average Bonchev–Trinajstić information content (AvgIpc) is 3.43. The molecule has 1 aliphatic heterocycles. The van der Waals surface area contributed by atoms with Crippen molar-refractivity contribution >= 4 is 28.5 Å². The maximum Gasteiger partial charge on any atom is 0.419 e. The molecule has 9 nitrogen and oxygen atoms in total. The highest BCUT2D eigenvalue weighted by Gasteiger charge is 2.35. The van der Waals surface area contributed by atoms with Crippen LogP contribution in [0.4, 0.5) is 28.0 Å². The molecule has 0 bridgehead atoms. The molecule has 0 aliphatic carbocycles. The molecule has 2 aromatic heterocycles. The number of benzene rings is 2. The average molecular weight is 514 g/mol. The molecule has 37 heavy (non-hydrogen) atoms. The lowest BCUT2D eigenvalue weighted by molar-refractivity contribution is -0.139. The fraction of sp³-hybridized carbons (Fsp3) is 0.167. The number of alkyl halides is 3. The number of aromatic nitrogens is 3. The summed E-state index contributed by atoms with van der Waals surface area (Å²) in [5.41, 5.74) is 5.07. The minimum Gasteiger partial charge on any atom is -0.439 e. The van der Waals surface area contributed by atoms with E-state index in [4.69, 9.17) is 10.5 Å². The maximum atomic E-state index is 14.3. The highest BCUT2D eigenvalue weighted by Crippen LogP contribution is 2.35. The second-order valence-corrected chi connectivity index (χ2v) is 8.32. The molecule has 0 saturated carbocycles. The standard InChI is InChI=1S/C24H18F4N6O3/c25-21-16(24(26,27)28)2-1-3-17(21)32-23(36)34-7-6-13-8-14(4-5-19(13)34)37-22-15-9-33(11-20(29)35)10-18(15)30-12-31-22/h1-8,12H,9-11H2,(H2,29,35)(H,32,36). The Morgan fingerprint density at radius 2 is 1.92 bits per heavy atom. The van der Waals surface area contributed by atoms with Gasteiger partial charge in [-0.25, -0.2) is 19.2 Å². The fourth-order valence-corrected chi connectivity index (χ4v) is 4.13. The van der Waals surface area contributed by atoms with Crippen LogP contribution in [0.1, 0.15) is 16.8 Å². The number of hydrogen-bond acceptors (Lipinski definition) is 6. The Morgan fingerprint density at radius 3 is 2.68 bits per heavy atom. The molecule has 0 radical (unpaired) electrons. The number of halogens is 4. The zero-order valence-electron chi connectivity index (χ0n) is 18.9. The van der Waals surface area contributed by atoms with Crippen LogP contribution in [0.25, 0.3) is 10.9 Å². The Balaban J connectivity index is 1.36. The molecule has 0 unspecified atom stereocenters. The van der Waals surface area contributed by atoms with Crippen molar-refractivity contribution in [3.05, 3.63) is 77.6 Å². The van der Waals surface area contributed by atoms with Gasteiger partial charge in [-0.3, -0.25) is 14.3 Å². The summed E-state index contributed by atoms with van der Waals surface area (Å²) >= 11 is 0. The molecule has 3 heterocycles. The Labute approximate surface area is 206 Å². The molecule has 0 spiro atoms. The van der Waals surface area contributed by atoms with Gasteiger partial charge >= 0.3 is 12.2 Å². The highest BCUT2D eigenvalue weighted by molar-refractivity contribution is 5.99. The Kier molecular flexibility index (Phi) is 5.99. The van der Waals surface area contributed by atoms with E-state index in [0.29, 0.717) is 41.7 Å². The first-order chi connectivity index (χ1) is 17.6. The highest BCUT2D eigenvalue weighted by atomic mass is 19.4. The summed E-state index contributed by atoms with van der Waals surface area (Å²) in [7, 11) is 0.